The Balaban J connectivity index is 1.56. The lowest BCUT2D eigenvalue weighted by Gasteiger charge is -2.38. The Morgan fingerprint density at radius 3 is 2.92 bits per heavy atom. The molecule has 7 heteroatoms. The van der Waals surface area contributed by atoms with Gasteiger partial charge in [-0.3, -0.25) is 4.79 Å². The zero-order valence-electron chi connectivity index (χ0n) is 13.3. The Bertz CT molecular complexity index is 701. The average Bonchev–Trinajstić information content (AvgIpc) is 3.15. The van der Waals surface area contributed by atoms with E-state index in [0.29, 0.717) is 39.4 Å². The van der Waals surface area contributed by atoms with Crippen molar-refractivity contribution in [3.05, 3.63) is 40.8 Å². The predicted octanol–water partition coefficient (Wildman–Crippen LogP) is 1.77. The van der Waals surface area contributed by atoms with E-state index in [-0.39, 0.29) is 5.91 Å². The third-order valence-corrected chi connectivity index (χ3v) is 5.03. The van der Waals surface area contributed by atoms with Crippen molar-refractivity contribution in [2.75, 3.05) is 37.7 Å². The molecule has 1 amide bonds. The highest BCUT2D eigenvalue weighted by Crippen LogP contribution is 2.34. The molecule has 1 unspecified atom stereocenters. The number of amides is 1. The number of para-hydroxylation sites is 2. The average molecular weight is 345 g/mol. The van der Waals surface area contributed by atoms with Gasteiger partial charge in [-0.15, -0.1) is 11.3 Å². The maximum atomic E-state index is 12.8. The van der Waals surface area contributed by atoms with E-state index in [1.807, 2.05) is 40.7 Å². The SMILES string of the molecule is O=C(C1CN(Cc2nccs2)c2ccccc2O1)N1CCOCC1. The smallest absolute Gasteiger partial charge is 0.265 e. The quantitative estimate of drug-likeness (QED) is 0.849. The van der Waals surface area contributed by atoms with Crippen LogP contribution in [0.2, 0.25) is 0 Å². The Labute approximate surface area is 144 Å². The highest BCUT2D eigenvalue weighted by Gasteiger charge is 2.34. The lowest BCUT2D eigenvalue weighted by molar-refractivity contribution is -0.142. The molecule has 2 aromatic rings. The van der Waals surface area contributed by atoms with Crippen molar-refractivity contribution in [2.24, 2.45) is 0 Å². The van der Waals surface area contributed by atoms with Gasteiger partial charge in [-0.1, -0.05) is 12.1 Å². The number of rotatable bonds is 3. The van der Waals surface area contributed by atoms with Gasteiger partial charge in [0.2, 0.25) is 0 Å². The molecule has 1 aromatic heterocycles. The first-order valence-electron chi connectivity index (χ1n) is 8.07. The predicted molar refractivity (Wildman–Crippen MR) is 91.4 cm³/mol. The van der Waals surface area contributed by atoms with Crippen molar-refractivity contribution in [3.63, 3.8) is 0 Å². The first-order chi connectivity index (χ1) is 11.8. The number of hydrogen-bond acceptors (Lipinski definition) is 6. The van der Waals surface area contributed by atoms with Crippen molar-refractivity contribution in [1.82, 2.24) is 9.88 Å². The number of thiazole rings is 1. The van der Waals surface area contributed by atoms with Crippen LogP contribution in [0.15, 0.2) is 35.8 Å². The van der Waals surface area contributed by atoms with Gasteiger partial charge in [-0.05, 0) is 12.1 Å². The second kappa shape index (κ2) is 6.78. The summed E-state index contributed by atoms with van der Waals surface area (Å²) in [5, 5.41) is 3.00. The molecular formula is C17H19N3O3S. The fourth-order valence-corrected chi connectivity index (χ4v) is 3.70. The van der Waals surface area contributed by atoms with Gasteiger partial charge in [0.05, 0.1) is 32.0 Å². The molecule has 0 radical (unpaired) electrons. The third-order valence-electron chi connectivity index (χ3n) is 4.27. The van der Waals surface area contributed by atoms with Gasteiger partial charge in [0.1, 0.15) is 10.8 Å². The van der Waals surface area contributed by atoms with Crippen molar-refractivity contribution in [3.8, 4) is 5.75 Å². The van der Waals surface area contributed by atoms with Crippen LogP contribution < -0.4 is 9.64 Å². The summed E-state index contributed by atoms with van der Waals surface area (Å²) < 4.78 is 11.3. The summed E-state index contributed by atoms with van der Waals surface area (Å²) >= 11 is 1.62. The van der Waals surface area contributed by atoms with Gasteiger partial charge in [-0.25, -0.2) is 4.98 Å². The summed E-state index contributed by atoms with van der Waals surface area (Å²) in [6, 6.07) is 7.87. The summed E-state index contributed by atoms with van der Waals surface area (Å²) in [5.74, 6) is 0.795. The first-order valence-corrected chi connectivity index (χ1v) is 8.95. The molecule has 1 atom stereocenters. The zero-order valence-corrected chi connectivity index (χ0v) is 14.1. The van der Waals surface area contributed by atoms with Gasteiger partial charge >= 0.3 is 0 Å². The van der Waals surface area contributed by atoms with Gasteiger partial charge in [0, 0.05) is 24.7 Å². The normalized spacial score (nSPS) is 20.4. The summed E-state index contributed by atoms with van der Waals surface area (Å²) in [4.78, 5) is 21.2. The number of ether oxygens (including phenoxy) is 2. The van der Waals surface area contributed by atoms with Crippen LogP contribution in [0.5, 0.6) is 5.75 Å². The van der Waals surface area contributed by atoms with E-state index >= 15 is 0 Å². The van der Waals surface area contributed by atoms with Crippen molar-refractivity contribution < 1.29 is 14.3 Å². The van der Waals surface area contributed by atoms with Gasteiger partial charge in [0.25, 0.3) is 5.91 Å². The Morgan fingerprint density at radius 1 is 1.29 bits per heavy atom. The van der Waals surface area contributed by atoms with Gasteiger partial charge in [0.15, 0.2) is 6.10 Å². The number of anilines is 1. The molecule has 4 rings (SSSR count). The maximum absolute atomic E-state index is 12.8. The molecule has 1 aromatic carbocycles. The van der Waals surface area contributed by atoms with Gasteiger partial charge in [-0.2, -0.15) is 0 Å². The molecule has 1 fully saturated rings. The number of fused-ring (bicyclic) bond motifs is 1. The molecular weight excluding hydrogens is 326 g/mol. The number of morpholine rings is 1. The van der Waals surface area contributed by atoms with Crippen LogP contribution in [0, 0.1) is 0 Å². The second-order valence-corrected chi connectivity index (χ2v) is 6.80. The van der Waals surface area contributed by atoms with Crippen molar-refractivity contribution in [1.29, 1.82) is 0 Å². The molecule has 0 N–H and O–H groups in total. The minimum atomic E-state index is -0.488. The molecule has 3 heterocycles. The molecule has 2 aliphatic rings. The minimum absolute atomic E-state index is 0.0388. The van der Waals surface area contributed by atoms with E-state index in [1.165, 1.54) is 0 Å². The van der Waals surface area contributed by atoms with Crippen molar-refractivity contribution >= 4 is 22.9 Å². The highest BCUT2D eigenvalue weighted by molar-refractivity contribution is 7.09. The molecule has 0 aliphatic carbocycles. The molecule has 2 aliphatic heterocycles. The molecule has 1 saturated heterocycles. The molecule has 0 bridgehead atoms. The van der Waals surface area contributed by atoms with Crippen LogP contribution in [0.25, 0.3) is 0 Å². The van der Waals surface area contributed by atoms with Crippen molar-refractivity contribution in [2.45, 2.75) is 12.6 Å². The minimum Gasteiger partial charge on any atom is -0.477 e. The lowest BCUT2D eigenvalue weighted by atomic mass is 10.1. The summed E-state index contributed by atoms with van der Waals surface area (Å²) in [6.45, 7) is 3.67. The molecule has 0 saturated carbocycles. The highest BCUT2D eigenvalue weighted by atomic mass is 32.1. The zero-order chi connectivity index (χ0) is 16.4. The molecule has 6 nitrogen and oxygen atoms in total. The van der Waals surface area contributed by atoms with E-state index in [4.69, 9.17) is 9.47 Å². The first kappa shape index (κ1) is 15.4. The fraction of sp³-hybridized carbons (Fsp3) is 0.412. The van der Waals surface area contributed by atoms with E-state index in [0.717, 1.165) is 16.4 Å². The summed E-state index contributed by atoms with van der Waals surface area (Å²) in [5.41, 5.74) is 1.01. The van der Waals surface area contributed by atoms with Gasteiger partial charge < -0.3 is 19.3 Å². The standard InChI is InChI=1S/C17H19N3O3S/c21-17(19-6-8-22-9-7-19)15-11-20(12-16-18-5-10-24-16)13-3-1-2-4-14(13)23-15/h1-5,10,15H,6-9,11-12H2. The number of hydrogen-bond donors (Lipinski definition) is 0. The van der Waals surface area contributed by atoms with E-state index in [9.17, 15) is 4.79 Å². The monoisotopic (exact) mass is 345 g/mol. The third kappa shape index (κ3) is 3.09. The van der Waals surface area contributed by atoms with E-state index in [1.54, 1.807) is 11.3 Å². The van der Waals surface area contributed by atoms with Crippen LogP contribution in [0.1, 0.15) is 5.01 Å². The second-order valence-electron chi connectivity index (χ2n) is 5.82. The molecule has 126 valence electrons. The number of carbonyl (C=O) groups is 1. The van der Waals surface area contributed by atoms with E-state index in [2.05, 4.69) is 9.88 Å². The summed E-state index contributed by atoms with van der Waals surface area (Å²) in [7, 11) is 0. The fourth-order valence-electron chi connectivity index (χ4n) is 3.07. The van der Waals surface area contributed by atoms with Crippen LogP contribution in [0.3, 0.4) is 0 Å². The molecule has 24 heavy (non-hydrogen) atoms. The largest absolute Gasteiger partial charge is 0.477 e. The number of nitrogens with zero attached hydrogens (tertiary/aromatic N) is 3. The maximum Gasteiger partial charge on any atom is 0.265 e. The summed E-state index contributed by atoms with van der Waals surface area (Å²) in [6.07, 6.45) is 1.32. The Kier molecular flexibility index (Phi) is 4.36. The van der Waals surface area contributed by atoms with Crippen LogP contribution in [-0.4, -0.2) is 54.7 Å². The Morgan fingerprint density at radius 2 is 2.12 bits per heavy atom. The topological polar surface area (TPSA) is 54.9 Å². The number of aromatic nitrogens is 1. The van der Waals surface area contributed by atoms with E-state index < -0.39 is 6.10 Å². The number of carbonyl (C=O) groups excluding carboxylic acids is 1. The Hall–Kier alpha value is -2.12. The van der Waals surface area contributed by atoms with Crippen LogP contribution >= 0.6 is 11.3 Å². The van der Waals surface area contributed by atoms with Crippen LogP contribution in [0.4, 0.5) is 5.69 Å². The number of benzene rings is 1. The van der Waals surface area contributed by atoms with Crippen LogP contribution in [-0.2, 0) is 16.1 Å². The lowest BCUT2D eigenvalue weighted by Crippen LogP contribution is -2.52. The molecule has 0 spiro atoms.